The van der Waals surface area contributed by atoms with Crippen molar-refractivity contribution in [1.82, 2.24) is 14.5 Å². The Labute approximate surface area is 124 Å². The first-order chi connectivity index (χ1) is 10.2. The summed E-state index contributed by atoms with van der Waals surface area (Å²) in [5.74, 6) is -0.485. The van der Waals surface area contributed by atoms with E-state index in [1.807, 2.05) is 0 Å². The Kier molecular flexibility index (Phi) is 3.49. The molecule has 7 heteroatoms. The van der Waals surface area contributed by atoms with Gasteiger partial charge in [-0.25, -0.2) is 14.8 Å². The lowest BCUT2D eigenvalue weighted by Crippen LogP contribution is -2.10. The highest BCUT2D eigenvalue weighted by atomic mass is 32.1. The van der Waals surface area contributed by atoms with E-state index < -0.39 is 0 Å². The maximum Gasteiger partial charge on any atom is 0.337 e. The summed E-state index contributed by atoms with van der Waals surface area (Å²) in [4.78, 5) is 31.7. The largest absolute Gasteiger partial charge is 0.465 e. The fourth-order valence-electron chi connectivity index (χ4n) is 1.92. The first-order valence-electron chi connectivity index (χ1n) is 6.16. The molecule has 6 nitrogen and oxygen atoms in total. The number of fused-ring (bicyclic) bond motifs is 1. The molecular formula is C14H11N3O3S. The van der Waals surface area contributed by atoms with E-state index in [4.69, 9.17) is 0 Å². The Morgan fingerprint density at radius 1 is 1.38 bits per heavy atom. The number of carbonyl (C=O) groups excluding carboxylic acids is 2. The van der Waals surface area contributed by atoms with Gasteiger partial charge in [0.25, 0.3) is 0 Å². The summed E-state index contributed by atoms with van der Waals surface area (Å²) in [6, 6.07) is 5.14. The first kappa shape index (κ1) is 13.4. The number of esters is 1. The third-order valence-electron chi connectivity index (χ3n) is 2.95. The second kappa shape index (κ2) is 5.45. The zero-order valence-electron chi connectivity index (χ0n) is 11.1. The molecule has 0 spiro atoms. The van der Waals surface area contributed by atoms with Gasteiger partial charge >= 0.3 is 5.97 Å². The van der Waals surface area contributed by atoms with Gasteiger partial charge in [-0.3, -0.25) is 9.36 Å². The van der Waals surface area contributed by atoms with Crippen LogP contribution in [0.3, 0.4) is 0 Å². The molecule has 0 unspecified atom stereocenters. The highest BCUT2D eigenvalue weighted by molar-refractivity contribution is 7.18. The van der Waals surface area contributed by atoms with Crippen LogP contribution in [-0.2, 0) is 11.2 Å². The smallest absolute Gasteiger partial charge is 0.337 e. The fourth-order valence-corrected chi connectivity index (χ4v) is 2.92. The summed E-state index contributed by atoms with van der Waals surface area (Å²) in [5, 5.41) is 0.700. The molecule has 3 aromatic rings. The van der Waals surface area contributed by atoms with E-state index in [0.29, 0.717) is 10.6 Å². The molecular weight excluding hydrogens is 290 g/mol. The molecule has 2 heterocycles. The van der Waals surface area contributed by atoms with Gasteiger partial charge in [0.1, 0.15) is 11.3 Å². The van der Waals surface area contributed by atoms with Crippen molar-refractivity contribution in [2.45, 2.75) is 6.42 Å². The van der Waals surface area contributed by atoms with E-state index in [1.165, 1.54) is 29.3 Å². The predicted octanol–water partition coefficient (Wildman–Crippen LogP) is 2.16. The highest BCUT2D eigenvalue weighted by Gasteiger charge is 2.12. The number of thiazole rings is 1. The number of imidazole rings is 1. The van der Waals surface area contributed by atoms with Crippen LogP contribution in [-0.4, -0.2) is 33.5 Å². The number of ether oxygens (including phenoxy) is 1. The maximum absolute atomic E-state index is 12.0. The van der Waals surface area contributed by atoms with Gasteiger partial charge in [0, 0.05) is 12.4 Å². The zero-order valence-corrected chi connectivity index (χ0v) is 12.0. The molecule has 21 heavy (non-hydrogen) atoms. The van der Waals surface area contributed by atoms with Crippen molar-refractivity contribution in [1.29, 1.82) is 0 Å². The van der Waals surface area contributed by atoms with Crippen LogP contribution in [0.15, 0.2) is 36.9 Å². The third-order valence-corrected chi connectivity index (χ3v) is 3.97. The van der Waals surface area contributed by atoms with E-state index in [1.54, 1.807) is 30.6 Å². The molecule has 0 fully saturated rings. The second-order valence-corrected chi connectivity index (χ2v) is 5.44. The van der Waals surface area contributed by atoms with Gasteiger partial charge in [0.2, 0.25) is 5.91 Å². The molecule has 0 aliphatic rings. The number of aromatic nitrogens is 3. The SMILES string of the molecule is COC(=O)c1ccc2nc(CC(=O)n3ccnc3)sc2c1. The minimum atomic E-state index is -0.388. The lowest BCUT2D eigenvalue weighted by atomic mass is 10.2. The van der Waals surface area contributed by atoms with Crippen molar-refractivity contribution < 1.29 is 14.3 Å². The van der Waals surface area contributed by atoms with Crippen molar-refractivity contribution >= 4 is 33.4 Å². The van der Waals surface area contributed by atoms with Crippen LogP contribution in [0.4, 0.5) is 0 Å². The van der Waals surface area contributed by atoms with Gasteiger partial charge < -0.3 is 4.74 Å². The number of rotatable bonds is 3. The number of hydrogen-bond donors (Lipinski definition) is 0. The van der Waals surface area contributed by atoms with E-state index in [-0.39, 0.29) is 18.3 Å². The molecule has 1 aromatic carbocycles. The van der Waals surface area contributed by atoms with Crippen LogP contribution in [0.2, 0.25) is 0 Å². The van der Waals surface area contributed by atoms with Crippen LogP contribution >= 0.6 is 11.3 Å². The van der Waals surface area contributed by atoms with Crippen LogP contribution in [0, 0.1) is 0 Å². The fraction of sp³-hybridized carbons (Fsp3) is 0.143. The average Bonchev–Trinajstić information content (AvgIpc) is 3.14. The van der Waals surface area contributed by atoms with Gasteiger partial charge in [-0.05, 0) is 18.2 Å². The molecule has 0 saturated carbocycles. The normalized spacial score (nSPS) is 10.7. The summed E-state index contributed by atoms with van der Waals surface area (Å²) in [5.41, 5.74) is 1.24. The molecule has 0 radical (unpaired) electrons. The molecule has 0 amide bonds. The summed E-state index contributed by atoms with van der Waals surface area (Å²) in [7, 11) is 1.34. The Balaban J connectivity index is 1.87. The van der Waals surface area contributed by atoms with Gasteiger partial charge in [-0.15, -0.1) is 11.3 Å². The Morgan fingerprint density at radius 3 is 2.95 bits per heavy atom. The van der Waals surface area contributed by atoms with E-state index in [2.05, 4.69) is 14.7 Å². The monoisotopic (exact) mass is 301 g/mol. The summed E-state index contributed by atoms with van der Waals surface area (Å²) < 4.78 is 6.96. The van der Waals surface area contributed by atoms with Gasteiger partial charge in [-0.2, -0.15) is 0 Å². The standard InChI is InChI=1S/C14H11N3O3S/c1-20-14(19)9-2-3-10-11(6-9)21-12(16-10)7-13(18)17-5-4-15-8-17/h2-6,8H,7H2,1H3. The average molecular weight is 301 g/mol. The molecule has 0 N–H and O–H groups in total. The van der Waals surface area contributed by atoms with E-state index in [9.17, 15) is 9.59 Å². The van der Waals surface area contributed by atoms with Crippen molar-refractivity contribution in [3.05, 3.63) is 47.5 Å². The molecule has 0 atom stereocenters. The lowest BCUT2D eigenvalue weighted by molar-refractivity contribution is 0.0600. The molecule has 0 aliphatic heterocycles. The molecule has 0 bridgehead atoms. The van der Waals surface area contributed by atoms with Gasteiger partial charge in [-0.1, -0.05) is 0 Å². The van der Waals surface area contributed by atoms with Crippen LogP contribution in [0.1, 0.15) is 20.2 Å². The summed E-state index contributed by atoms with van der Waals surface area (Å²) >= 11 is 1.39. The van der Waals surface area contributed by atoms with Crippen molar-refractivity contribution in [3.63, 3.8) is 0 Å². The highest BCUT2D eigenvalue weighted by Crippen LogP contribution is 2.24. The van der Waals surface area contributed by atoms with Crippen molar-refractivity contribution in [2.24, 2.45) is 0 Å². The lowest BCUT2D eigenvalue weighted by Gasteiger charge is -1.97. The maximum atomic E-state index is 12.0. The molecule has 3 rings (SSSR count). The minimum Gasteiger partial charge on any atom is -0.465 e. The predicted molar refractivity (Wildman–Crippen MR) is 77.5 cm³/mol. The van der Waals surface area contributed by atoms with E-state index in [0.717, 1.165) is 10.2 Å². The number of benzene rings is 1. The van der Waals surface area contributed by atoms with Gasteiger partial charge in [0.05, 0.1) is 29.3 Å². The van der Waals surface area contributed by atoms with Crippen LogP contribution in [0.5, 0.6) is 0 Å². The minimum absolute atomic E-state index is 0.0975. The summed E-state index contributed by atoms with van der Waals surface area (Å²) in [6.07, 6.45) is 4.82. The van der Waals surface area contributed by atoms with Crippen molar-refractivity contribution in [3.8, 4) is 0 Å². The number of methoxy groups -OCH3 is 1. The topological polar surface area (TPSA) is 74.1 Å². The molecule has 0 saturated heterocycles. The number of nitrogens with zero attached hydrogens (tertiary/aromatic N) is 3. The molecule has 2 aromatic heterocycles. The molecule has 0 aliphatic carbocycles. The quantitative estimate of drug-likeness (QED) is 0.693. The number of carbonyl (C=O) groups is 2. The first-order valence-corrected chi connectivity index (χ1v) is 6.98. The molecule has 106 valence electrons. The summed E-state index contributed by atoms with van der Waals surface area (Å²) in [6.45, 7) is 0. The Bertz CT molecular complexity index is 808. The Hall–Kier alpha value is -2.54. The van der Waals surface area contributed by atoms with E-state index >= 15 is 0 Å². The second-order valence-electron chi connectivity index (χ2n) is 4.32. The Morgan fingerprint density at radius 2 is 2.24 bits per heavy atom. The third kappa shape index (κ3) is 2.68. The van der Waals surface area contributed by atoms with Crippen molar-refractivity contribution in [2.75, 3.05) is 7.11 Å². The number of hydrogen-bond acceptors (Lipinski definition) is 6. The van der Waals surface area contributed by atoms with Crippen LogP contribution < -0.4 is 0 Å². The zero-order chi connectivity index (χ0) is 14.8. The van der Waals surface area contributed by atoms with Crippen LogP contribution in [0.25, 0.3) is 10.2 Å². The van der Waals surface area contributed by atoms with Gasteiger partial charge in [0.15, 0.2) is 0 Å².